The van der Waals surface area contributed by atoms with Crippen molar-refractivity contribution in [2.45, 2.75) is 30.7 Å². The molecule has 2 heterocycles. The van der Waals surface area contributed by atoms with E-state index in [-0.39, 0.29) is 21.8 Å². The minimum Gasteiger partial charge on any atom is -0.325 e. The number of aryl methyl sites for hydroxylation is 1. The second kappa shape index (κ2) is 7.09. The molecular weight excluding hydrogens is 408 g/mol. The number of hydrogen-bond donors (Lipinski definition) is 0. The summed E-state index contributed by atoms with van der Waals surface area (Å²) in [6.45, 7) is 2.46. The molecule has 0 bridgehead atoms. The van der Waals surface area contributed by atoms with Crippen molar-refractivity contribution in [2.24, 2.45) is 0 Å². The van der Waals surface area contributed by atoms with E-state index in [2.05, 4.69) is 4.98 Å². The van der Waals surface area contributed by atoms with Gasteiger partial charge in [-0.05, 0) is 50.1 Å². The normalized spacial score (nSPS) is 16.7. The van der Waals surface area contributed by atoms with Gasteiger partial charge in [-0.2, -0.15) is 4.31 Å². The molecular formula is C19H18ClF2N3O2S. The summed E-state index contributed by atoms with van der Waals surface area (Å²) in [6.07, 6.45) is 1.16. The van der Waals surface area contributed by atoms with Gasteiger partial charge in [0, 0.05) is 25.2 Å². The molecule has 3 aromatic rings. The summed E-state index contributed by atoms with van der Waals surface area (Å²) < 4.78 is 56.2. The molecule has 0 aliphatic carbocycles. The van der Waals surface area contributed by atoms with Crippen LogP contribution in [0.1, 0.15) is 24.7 Å². The Morgan fingerprint density at radius 2 is 1.82 bits per heavy atom. The highest BCUT2D eigenvalue weighted by Gasteiger charge is 2.31. The molecule has 148 valence electrons. The van der Waals surface area contributed by atoms with Gasteiger partial charge in [0.2, 0.25) is 10.0 Å². The van der Waals surface area contributed by atoms with Crippen molar-refractivity contribution in [3.05, 3.63) is 58.9 Å². The molecule has 28 heavy (non-hydrogen) atoms. The van der Waals surface area contributed by atoms with E-state index in [1.807, 2.05) is 11.5 Å². The van der Waals surface area contributed by atoms with Gasteiger partial charge in [0.05, 0.1) is 21.0 Å². The molecule has 0 atom stereocenters. The highest BCUT2D eigenvalue weighted by atomic mass is 35.5. The highest BCUT2D eigenvalue weighted by Crippen LogP contribution is 2.31. The number of piperidine rings is 1. The molecule has 0 spiro atoms. The Hall–Kier alpha value is -2.03. The van der Waals surface area contributed by atoms with Crippen molar-refractivity contribution in [3.8, 4) is 0 Å². The van der Waals surface area contributed by atoms with Crippen LogP contribution in [0.2, 0.25) is 5.02 Å². The van der Waals surface area contributed by atoms with Crippen molar-refractivity contribution >= 4 is 32.7 Å². The van der Waals surface area contributed by atoms with E-state index in [1.54, 1.807) is 6.07 Å². The van der Waals surface area contributed by atoms with Crippen molar-refractivity contribution in [1.82, 2.24) is 13.9 Å². The molecule has 2 aromatic carbocycles. The Morgan fingerprint density at radius 3 is 2.50 bits per heavy atom. The molecule has 5 nitrogen and oxygen atoms in total. The third kappa shape index (κ3) is 3.29. The first kappa shape index (κ1) is 19.3. The smallest absolute Gasteiger partial charge is 0.243 e. The van der Waals surface area contributed by atoms with Gasteiger partial charge in [-0.25, -0.2) is 22.2 Å². The second-order valence-electron chi connectivity index (χ2n) is 6.87. The fourth-order valence-electron chi connectivity index (χ4n) is 3.78. The third-order valence-corrected chi connectivity index (χ3v) is 7.35. The summed E-state index contributed by atoms with van der Waals surface area (Å²) in [4.78, 5) is 4.32. The molecule has 9 heteroatoms. The predicted octanol–water partition coefficient (Wildman–Crippen LogP) is 4.30. The standard InChI is InChI=1S/C19H18ClF2N3O2S/c1-12-23-18-10-13(21)2-5-19(18)25(12)14-6-8-24(9-7-14)28(26,27)15-3-4-16(20)17(22)11-15/h2-5,10-11,14H,6-9H2,1H3. The SMILES string of the molecule is Cc1nc2cc(F)ccc2n1C1CCN(S(=O)(=O)c2ccc(Cl)c(F)c2)CC1. The van der Waals surface area contributed by atoms with E-state index < -0.39 is 15.8 Å². The molecule has 0 radical (unpaired) electrons. The van der Waals surface area contributed by atoms with Crippen LogP contribution in [0.3, 0.4) is 0 Å². The summed E-state index contributed by atoms with van der Waals surface area (Å²) in [5.74, 6) is -0.333. The zero-order valence-corrected chi connectivity index (χ0v) is 16.6. The maximum atomic E-state index is 13.7. The average Bonchev–Trinajstić information content (AvgIpc) is 2.98. The van der Waals surface area contributed by atoms with Crippen LogP contribution in [-0.4, -0.2) is 35.4 Å². The molecule has 1 aromatic heterocycles. The van der Waals surface area contributed by atoms with Crippen LogP contribution in [-0.2, 0) is 10.0 Å². The summed E-state index contributed by atoms with van der Waals surface area (Å²) in [5.41, 5.74) is 1.42. The Kier molecular flexibility index (Phi) is 4.89. The number of nitrogens with zero attached hydrogens (tertiary/aromatic N) is 3. The predicted molar refractivity (Wildman–Crippen MR) is 103 cm³/mol. The van der Waals surface area contributed by atoms with E-state index in [0.29, 0.717) is 31.4 Å². The quantitative estimate of drug-likeness (QED) is 0.628. The fourth-order valence-corrected chi connectivity index (χ4v) is 5.38. The number of benzene rings is 2. The van der Waals surface area contributed by atoms with Gasteiger partial charge in [-0.1, -0.05) is 11.6 Å². The lowest BCUT2D eigenvalue weighted by atomic mass is 10.1. The van der Waals surface area contributed by atoms with Crippen molar-refractivity contribution in [3.63, 3.8) is 0 Å². The molecule has 1 saturated heterocycles. The number of halogens is 3. The zero-order chi connectivity index (χ0) is 20.1. The van der Waals surface area contributed by atoms with Crippen molar-refractivity contribution in [1.29, 1.82) is 0 Å². The zero-order valence-electron chi connectivity index (χ0n) is 15.1. The highest BCUT2D eigenvalue weighted by molar-refractivity contribution is 7.89. The first-order valence-electron chi connectivity index (χ1n) is 8.86. The van der Waals surface area contributed by atoms with Crippen LogP contribution in [0.4, 0.5) is 8.78 Å². The minimum atomic E-state index is -3.79. The Labute approximate surface area is 166 Å². The lowest BCUT2D eigenvalue weighted by Gasteiger charge is -2.32. The van der Waals surface area contributed by atoms with Crippen molar-refractivity contribution < 1.29 is 17.2 Å². The summed E-state index contributed by atoms with van der Waals surface area (Å²) in [5, 5.41) is -0.114. The molecule has 0 saturated carbocycles. The maximum absolute atomic E-state index is 13.7. The van der Waals surface area contributed by atoms with Gasteiger partial charge < -0.3 is 4.57 Å². The van der Waals surface area contributed by atoms with Crippen LogP contribution < -0.4 is 0 Å². The first-order valence-corrected chi connectivity index (χ1v) is 10.7. The molecule has 1 aliphatic heterocycles. The number of sulfonamides is 1. The third-order valence-electron chi connectivity index (χ3n) is 5.15. The molecule has 0 N–H and O–H groups in total. The van der Waals surface area contributed by atoms with Gasteiger partial charge >= 0.3 is 0 Å². The van der Waals surface area contributed by atoms with E-state index in [0.717, 1.165) is 17.4 Å². The van der Waals surface area contributed by atoms with E-state index in [9.17, 15) is 17.2 Å². The lowest BCUT2D eigenvalue weighted by molar-refractivity contribution is 0.275. The van der Waals surface area contributed by atoms with E-state index in [1.165, 1.54) is 28.6 Å². The maximum Gasteiger partial charge on any atom is 0.243 e. The number of aromatic nitrogens is 2. The number of fused-ring (bicyclic) bond motifs is 1. The van der Waals surface area contributed by atoms with Crippen LogP contribution in [0.25, 0.3) is 11.0 Å². The molecule has 1 fully saturated rings. The molecule has 0 amide bonds. The molecule has 4 rings (SSSR count). The summed E-state index contributed by atoms with van der Waals surface area (Å²) in [6, 6.07) is 8.06. The second-order valence-corrected chi connectivity index (χ2v) is 9.22. The van der Waals surface area contributed by atoms with Crippen LogP contribution in [0.15, 0.2) is 41.3 Å². The summed E-state index contributed by atoms with van der Waals surface area (Å²) in [7, 11) is -3.79. The average molecular weight is 426 g/mol. The Bertz CT molecular complexity index is 1160. The fraction of sp³-hybridized carbons (Fsp3) is 0.316. The molecule has 1 aliphatic rings. The number of imidazole rings is 1. The first-order chi connectivity index (χ1) is 13.3. The molecule has 0 unspecified atom stereocenters. The van der Waals surface area contributed by atoms with E-state index >= 15 is 0 Å². The largest absolute Gasteiger partial charge is 0.325 e. The van der Waals surface area contributed by atoms with Crippen LogP contribution in [0, 0.1) is 18.6 Å². The number of rotatable bonds is 3. The minimum absolute atomic E-state index is 0.0591. The topological polar surface area (TPSA) is 55.2 Å². The van der Waals surface area contributed by atoms with Crippen molar-refractivity contribution in [2.75, 3.05) is 13.1 Å². The van der Waals surface area contributed by atoms with Gasteiger partial charge in [0.25, 0.3) is 0 Å². The van der Waals surface area contributed by atoms with Crippen LogP contribution in [0.5, 0.6) is 0 Å². The van der Waals surface area contributed by atoms with Gasteiger partial charge in [-0.15, -0.1) is 0 Å². The summed E-state index contributed by atoms with van der Waals surface area (Å²) >= 11 is 5.65. The van der Waals surface area contributed by atoms with Gasteiger partial charge in [-0.3, -0.25) is 0 Å². The van der Waals surface area contributed by atoms with Crippen LogP contribution >= 0.6 is 11.6 Å². The number of hydrogen-bond acceptors (Lipinski definition) is 3. The van der Waals surface area contributed by atoms with E-state index in [4.69, 9.17) is 11.6 Å². The van der Waals surface area contributed by atoms with Gasteiger partial charge in [0.15, 0.2) is 0 Å². The lowest BCUT2D eigenvalue weighted by Crippen LogP contribution is -2.39. The Balaban J connectivity index is 1.56. The monoisotopic (exact) mass is 425 g/mol. The Morgan fingerprint density at radius 1 is 1.11 bits per heavy atom. The van der Waals surface area contributed by atoms with Gasteiger partial charge in [0.1, 0.15) is 17.5 Å².